The summed E-state index contributed by atoms with van der Waals surface area (Å²) in [6.45, 7) is 3.28. The van der Waals surface area contributed by atoms with E-state index in [1.54, 1.807) is 38.1 Å². The number of halogens is 1. The Morgan fingerprint density at radius 3 is 2.43 bits per heavy atom. The van der Waals surface area contributed by atoms with Crippen LogP contribution in [0.1, 0.15) is 32.3 Å². The third kappa shape index (κ3) is 7.27. The summed E-state index contributed by atoms with van der Waals surface area (Å²) in [5.41, 5.74) is -0.130. The molecule has 0 saturated carbocycles. The first-order chi connectivity index (χ1) is 9.60. The Labute approximate surface area is 129 Å². The molecule has 0 spiro atoms. The maximum absolute atomic E-state index is 12.0. The molecule has 0 bridgehead atoms. The van der Waals surface area contributed by atoms with Gasteiger partial charge in [0.25, 0.3) is 0 Å². The van der Waals surface area contributed by atoms with Crippen molar-refractivity contribution in [2.75, 3.05) is 0 Å². The van der Waals surface area contributed by atoms with Crippen molar-refractivity contribution in [3.05, 3.63) is 40.3 Å². The second kappa shape index (κ2) is 7.06. The van der Waals surface area contributed by atoms with Crippen molar-refractivity contribution in [3.8, 4) is 0 Å². The Hall–Kier alpha value is -1.37. The lowest BCUT2D eigenvalue weighted by atomic mass is 10.0. The number of carbonyl (C=O) groups is 1. The highest BCUT2D eigenvalue weighted by atomic mass is 35.5. The molecule has 0 saturated heterocycles. The zero-order valence-electron chi connectivity index (χ0n) is 11.8. The monoisotopic (exact) mass is 331 g/mol. The molecule has 0 aromatic heterocycles. The predicted octanol–water partition coefficient (Wildman–Crippen LogP) is 2.87. The molecule has 5 nitrogen and oxygen atoms in total. The number of rotatable bonds is 7. The van der Waals surface area contributed by atoms with Crippen molar-refractivity contribution < 1.29 is 18.3 Å². The van der Waals surface area contributed by atoms with E-state index < -0.39 is 21.5 Å². The highest BCUT2D eigenvalue weighted by molar-refractivity contribution is 7.92. The van der Waals surface area contributed by atoms with Gasteiger partial charge in [0.1, 0.15) is 0 Å². The summed E-state index contributed by atoms with van der Waals surface area (Å²) >= 11 is 5.75. The number of hydrogen-bond acceptors (Lipinski definition) is 3. The third-order valence-electron chi connectivity index (χ3n) is 2.69. The van der Waals surface area contributed by atoms with E-state index in [9.17, 15) is 13.2 Å². The first-order valence-electron chi connectivity index (χ1n) is 6.29. The van der Waals surface area contributed by atoms with Crippen LogP contribution in [0.5, 0.6) is 0 Å². The van der Waals surface area contributed by atoms with E-state index in [-0.39, 0.29) is 12.8 Å². The number of sulfonamides is 1. The fraction of sp³-hybridized carbons (Fsp3) is 0.357. The summed E-state index contributed by atoms with van der Waals surface area (Å²) in [5, 5.41) is 10.3. The Kier molecular flexibility index (Phi) is 5.95. The lowest BCUT2D eigenvalue weighted by molar-refractivity contribution is -0.137. The molecule has 1 rings (SSSR count). The van der Waals surface area contributed by atoms with E-state index in [1.165, 1.54) is 6.08 Å². The number of hydrogen-bond donors (Lipinski definition) is 2. The smallest absolute Gasteiger partial charge is 0.303 e. The molecule has 21 heavy (non-hydrogen) atoms. The van der Waals surface area contributed by atoms with E-state index in [0.29, 0.717) is 10.6 Å². The molecule has 0 unspecified atom stereocenters. The van der Waals surface area contributed by atoms with Crippen LogP contribution in [0, 0.1) is 0 Å². The summed E-state index contributed by atoms with van der Waals surface area (Å²) in [6, 6.07) is 6.73. The summed E-state index contributed by atoms with van der Waals surface area (Å²) in [6.07, 6.45) is 1.55. The fourth-order valence-electron chi connectivity index (χ4n) is 1.63. The molecule has 0 aliphatic carbocycles. The van der Waals surface area contributed by atoms with Gasteiger partial charge in [-0.2, -0.15) is 0 Å². The molecule has 0 amide bonds. The topological polar surface area (TPSA) is 83.5 Å². The van der Waals surface area contributed by atoms with Gasteiger partial charge in [-0.25, -0.2) is 13.1 Å². The van der Waals surface area contributed by atoms with Crippen LogP contribution in [0.4, 0.5) is 0 Å². The molecule has 1 aromatic carbocycles. The van der Waals surface area contributed by atoms with Gasteiger partial charge in [-0.05, 0) is 44.0 Å². The van der Waals surface area contributed by atoms with Crippen LogP contribution >= 0.6 is 11.6 Å². The molecule has 2 N–H and O–H groups in total. The number of aliphatic carboxylic acids is 1. The van der Waals surface area contributed by atoms with Crippen LogP contribution in [0.2, 0.25) is 5.02 Å². The lowest BCUT2D eigenvalue weighted by Crippen LogP contribution is -2.42. The summed E-state index contributed by atoms with van der Waals surface area (Å²) in [7, 11) is -3.65. The summed E-state index contributed by atoms with van der Waals surface area (Å²) < 4.78 is 26.4. The molecule has 116 valence electrons. The maximum atomic E-state index is 12.0. The Morgan fingerprint density at radius 2 is 1.90 bits per heavy atom. The Balaban J connectivity index is 2.72. The number of carboxylic acid groups (broad SMARTS) is 1. The number of carboxylic acids is 1. The zero-order valence-corrected chi connectivity index (χ0v) is 13.4. The molecule has 0 radical (unpaired) electrons. The van der Waals surface area contributed by atoms with Crippen LogP contribution in [0.15, 0.2) is 29.7 Å². The minimum absolute atomic E-state index is 0.101. The second-order valence-electron chi connectivity index (χ2n) is 5.28. The Morgan fingerprint density at radius 1 is 1.33 bits per heavy atom. The number of nitrogens with one attached hydrogen (secondary N) is 1. The van der Waals surface area contributed by atoms with Gasteiger partial charge in [0.05, 0.1) is 0 Å². The molecule has 0 heterocycles. The van der Waals surface area contributed by atoms with Gasteiger partial charge >= 0.3 is 5.97 Å². The van der Waals surface area contributed by atoms with Crippen molar-refractivity contribution >= 4 is 33.7 Å². The molecular formula is C14H18ClNO4S. The van der Waals surface area contributed by atoms with Crippen molar-refractivity contribution in [1.29, 1.82) is 0 Å². The molecule has 0 fully saturated rings. The first-order valence-corrected chi connectivity index (χ1v) is 8.21. The quantitative estimate of drug-likeness (QED) is 0.804. The third-order valence-corrected chi connectivity index (χ3v) is 4.28. The first kappa shape index (κ1) is 17.7. The zero-order chi connectivity index (χ0) is 16.1. The van der Waals surface area contributed by atoms with Gasteiger partial charge in [-0.15, -0.1) is 0 Å². The molecular weight excluding hydrogens is 314 g/mol. The van der Waals surface area contributed by atoms with Crippen molar-refractivity contribution in [3.63, 3.8) is 0 Å². The normalized spacial score (nSPS) is 12.7. The van der Waals surface area contributed by atoms with Crippen LogP contribution in [0.25, 0.3) is 6.08 Å². The SMILES string of the molecule is CC(C)(CCC(=O)O)NS(=O)(=O)C=Cc1ccc(Cl)cc1. The van der Waals surface area contributed by atoms with E-state index in [4.69, 9.17) is 16.7 Å². The van der Waals surface area contributed by atoms with Crippen LogP contribution in [-0.4, -0.2) is 25.0 Å². The molecule has 0 aliphatic rings. The summed E-state index contributed by atoms with van der Waals surface area (Å²) in [4.78, 5) is 10.5. The van der Waals surface area contributed by atoms with E-state index in [1.807, 2.05) is 0 Å². The largest absolute Gasteiger partial charge is 0.481 e. The summed E-state index contributed by atoms with van der Waals surface area (Å²) in [5.74, 6) is -0.959. The van der Waals surface area contributed by atoms with Crippen LogP contribution < -0.4 is 4.72 Å². The minimum Gasteiger partial charge on any atom is -0.481 e. The van der Waals surface area contributed by atoms with Crippen molar-refractivity contribution in [2.24, 2.45) is 0 Å². The van der Waals surface area contributed by atoms with E-state index in [0.717, 1.165) is 5.41 Å². The van der Waals surface area contributed by atoms with Crippen LogP contribution in [0.3, 0.4) is 0 Å². The highest BCUT2D eigenvalue weighted by Crippen LogP contribution is 2.15. The molecule has 0 aliphatic heterocycles. The molecule has 1 aromatic rings. The van der Waals surface area contributed by atoms with Crippen molar-refractivity contribution in [2.45, 2.75) is 32.2 Å². The van der Waals surface area contributed by atoms with Crippen molar-refractivity contribution in [1.82, 2.24) is 4.72 Å². The van der Waals surface area contributed by atoms with Gasteiger partial charge in [0, 0.05) is 22.4 Å². The van der Waals surface area contributed by atoms with Crippen LogP contribution in [-0.2, 0) is 14.8 Å². The predicted molar refractivity (Wildman–Crippen MR) is 83.5 cm³/mol. The number of benzene rings is 1. The molecule has 0 atom stereocenters. The maximum Gasteiger partial charge on any atom is 0.303 e. The fourth-order valence-corrected chi connectivity index (χ4v) is 3.03. The van der Waals surface area contributed by atoms with Gasteiger partial charge in [-0.3, -0.25) is 4.79 Å². The minimum atomic E-state index is -3.65. The van der Waals surface area contributed by atoms with E-state index >= 15 is 0 Å². The standard InChI is InChI=1S/C14H18ClNO4S/c1-14(2,9-7-13(17)18)16-21(19,20)10-8-11-3-5-12(15)6-4-11/h3-6,8,10,16H,7,9H2,1-2H3,(H,17,18). The van der Waals surface area contributed by atoms with E-state index in [2.05, 4.69) is 4.72 Å². The average Bonchev–Trinajstić information content (AvgIpc) is 2.35. The van der Waals surface area contributed by atoms with Gasteiger partial charge < -0.3 is 5.11 Å². The second-order valence-corrected chi connectivity index (χ2v) is 7.28. The highest BCUT2D eigenvalue weighted by Gasteiger charge is 2.23. The Bertz CT molecular complexity index is 621. The lowest BCUT2D eigenvalue weighted by Gasteiger charge is -2.24. The average molecular weight is 332 g/mol. The molecule has 7 heteroatoms. The van der Waals surface area contributed by atoms with Gasteiger partial charge in [-0.1, -0.05) is 23.7 Å². The van der Waals surface area contributed by atoms with Gasteiger partial charge in [0.2, 0.25) is 10.0 Å². The van der Waals surface area contributed by atoms with Gasteiger partial charge in [0.15, 0.2) is 0 Å².